The van der Waals surface area contributed by atoms with Crippen molar-refractivity contribution in [2.24, 2.45) is 11.8 Å². The van der Waals surface area contributed by atoms with E-state index in [1.54, 1.807) is 17.9 Å². The Balaban J connectivity index is 1.88. The van der Waals surface area contributed by atoms with Crippen LogP contribution in [0.2, 0.25) is 0 Å². The largest absolute Gasteiger partial charge is 0.360 e. The summed E-state index contributed by atoms with van der Waals surface area (Å²) in [7, 11) is 0. The van der Waals surface area contributed by atoms with Crippen molar-refractivity contribution in [3.63, 3.8) is 0 Å². The summed E-state index contributed by atoms with van der Waals surface area (Å²) in [5, 5.41) is 9.21. The molecule has 2 heterocycles. The van der Waals surface area contributed by atoms with Gasteiger partial charge in [0.05, 0.1) is 0 Å². The Morgan fingerprint density at radius 1 is 1.28 bits per heavy atom. The SMILES string of the molecule is CC(=O)NC(C(=O)N1CCC(C(=O)Nc2cc(C)on2)CC1)C(C)C. The Hall–Kier alpha value is -2.38. The number of carbonyl (C=O) groups excluding carboxylic acids is 3. The lowest BCUT2D eigenvalue weighted by Crippen LogP contribution is -2.53. The number of nitrogens with zero attached hydrogens (tertiary/aromatic N) is 2. The molecule has 2 N–H and O–H groups in total. The van der Waals surface area contributed by atoms with Crippen LogP contribution < -0.4 is 10.6 Å². The van der Waals surface area contributed by atoms with Crippen LogP contribution in [-0.2, 0) is 14.4 Å². The van der Waals surface area contributed by atoms with Crippen LogP contribution in [0, 0.1) is 18.8 Å². The van der Waals surface area contributed by atoms with Crippen LogP contribution in [-0.4, -0.2) is 46.9 Å². The number of carbonyl (C=O) groups is 3. The molecule has 2 rings (SSSR count). The maximum Gasteiger partial charge on any atom is 0.245 e. The van der Waals surface area contributed by atoms with Crippen molar-refractivity contribution >= 4 is 23.5 Å². The van der Waals surface area contributed by atoms with E-state index in [2.05, 4.69) is 15.8 Å². The molecule has 25 heavy (non-hydrogen) atoms. The van der Waals surface area contributed by atoms with Crippen molar-refractivity contribution in [3.8, 4) is 0 Å². The fourth-order valence-electron chi connectivity index (χ4n) is 2.94. The average Bonchev–Trinajstić information content (AvgIpc) is 2.96. The summed E-state index contributed by atoms with van der Waals surface area (Å²) in [4.78, 5) is 38.0. The third kappa shape index (κ3) is 5.04. The van der Waals surface area contributed by atoms with Gasteiger partial charge in [0.25, 0.3) is 0 Å². The minimum Gasteiger partial charge on any atom is -0.360 e. The summed E-state index contributed by atoms with van der Waals surface area (Å²) in [6, 6.07) is 1.14. The van der Waals surface area contributed by atoms with Crippen LogP contribution in [0.5, 0.6) is 0 Å². The van der Waals surface area contributed by atoms with Gasteiger partial charge < -0.3 is 20.1 Å². The second kappa shape index (κ2) is 8.13. The molecular weight excluding hydrogens is 324 g/mol. The number of nitrogens with one attached hydrogen (secondary N) is 2. The molecule has 0 aliphatic carbocycles. The highest BCUT2D eigenvalue weighted by Crippen LogP contribution is 2.21. The first-order valence-corrected chi connectivity index (χ1v) is 8.58. The summed E-state index contributed by atoms with van der Waals surface area (Å²) >= 11 is 0. The Morgan fingerprint density at radius 3 is 2.40 bits per heavy atom. The predicted octanol–water partition coefficient (Wildman–Crippen LogP) is 1.32. The smallest absolute Gasteiger partial charge is 0.245 e. The first kappa shape index (κ1) is 19.0. The van der Waals surface area contributed by atoms with Gasteiger partial charge in [0.15, 0.2) is 5.82 Å². The summed E-state index contributed by atoms with van der Waals surface area (Å²) in [6.45, 7) is 7.96. The highest BCUT2D eigenvalue weighted by atomic mass is 16.5. The number of aromatic nitrogens is 1. The Morgan fingerprint density at radius 2 is 1.92 bits per heavy atom. The number of hydrogen-bond acceptors (Lipinski definition) is 5. The molecule has 8 nitrogen and oxygen atoms in total. The molecule has 1 saturated heterocycles. The molecule has 8 heteroatoms. The quantitative estimate of drug-likeness (QED) is 0.833. The monoisotopic (exact) mass is 350 g/mol. The van der Waals surface area contributed by atoms with Crippen molar-refractivity contribution < 1.29 is 18.9 Å². The number of rotatable bonds is 5. The molecule has 0 spiro atoms. The zero-order valence-corrected chi connectivity index (χ0v) is 15.2. The molecule has 1 aliphatic heterocycles. The Labute approximate surface area is 147 Å². The number of hydrogen-bond donors (Lipinski definition) is 2. The van der Waals surface area contributed by atoms with Crippen LogP contribution >= 0.6 is 0 Å². The molecular formula is C17H26N4O4. The van der Waals surface area contributed by atoms with Crippen LogP contribution in [0.15, 0.2) is 10.6 Å². The number of aryl methyl sites for hydroxylation is 1. The third-order valence-corrected chi connectivity index (χ3v) is 4.35. The van der Waals surface area contributed by atoms with Gasteiger partial charge in [-0.1, -0.05) is 19.0 Å². The number of anilines is 1. The van der Waals surface area contributed by atoms with Gasteiger partial charge in [-0.05, 0) is 25.7 Å². The fourth-order valence-corrected chi connectivity index (χ4v) is 2.94. The molecule has 1 atom stereocenters. The number of piperidine rings is 1. The molecule has 1 unspecified atom stereocenters. The highest BCUT2D eigenvalue weighted by molar-refractivity contribution is 5.92. The summed E-state index contributed by atoms with van der Waals surface area (Å²) < 4.78 is 4.93. The Kier molecular flexibility index (Phi) is 6.17. The molecule has 0 aromatic carbocycles. The number of amides is 3. The zero-order chi connectivity index (χ0) is 18.6. The van der Waals surface area contributed by atoms with Gasteiger partial charge in [0, 0.05) is 32.0 Å². The van der Waals surface area contributed by atoms with Gasteiger partial charge in [-0.15, -0.1) is 0 Å². The van der Waals surface area contributed by atoms with Crippen molar-refractivity contribution in [1.82, 2.24) is 15.4 Å². The van der Waals surface area contributed by atoms with E-state index >= 15 is 0 Å². The lowest BCUT2D eigenvalue weighted by molar-refractivity contribution is -0.139. The van der Waals surface area contributed by atoms with Crippen LogP contribution in [0.4, 0.5) is 5.82 Å². The molecule has 138 valence electrons. The Bertz CT molecular complexity index is 632. The zero-order valence-electron chi connectivity index (χ0n) is 15.2. The van der Waals surface area contributed by atoms with Crippen LogP contribution in [0.1, 0.15) is 39.4 Å². The van der Waals surface area contributed by atoms with Crippen LogP contribution in [0.25, 0.3) is 0 Å². The maximum absolute atomic E-state index is 12.6. The molecule has 3 amide bonds. The van der Waals surface area contributed by atoms with E-state index in [4.69, 9.17) is 4.52 Å². The van der Waals surface area contributed by atoms with E-state index in [-0.39, 0.29) is 29.6 Å². The third-order valence-electron chi connectivity index (χ3n) is 4.35. The van der Waals surface area contributed by atoms with E-state index in [0.717, 1.165) is 0 Å². The van der Waals surface area contributed by atoms with Crippen molar-refractivity contribution in [1.29, 1.82) is 0 Å². The van der Waals surface area contributed by atoms with E-state index in [1.807, 2.05) is 13.8 Å². The summed E-state index contributed by atoms with van der Waals surface area (Å²) in [5.41, 5.74) is 0. The molecule has 1 aromatic heterocycles. The molecule has 1 aliphatic rings. The maximum atomic E-state index is 12.6. The molecule has 0 radical (unpaired) electrons. The molecule has 1 fully saturated rings. The first-order valence-electron chi connectivity index (χ1n) is 8.58. The highest BCUT2D eigenvalue weighted by Gasteiger charge is 2.32. The fraction of sp³-hybridized carbons (Fsp3) is 0.647. The summed E-state index contributed by atoms with van der Waals surface area (Å²) in [5.74, 6) is 0.468. The lowest BCUT2D eigenvalue weighted by Gasteiger charge is -2.34. The van der Waals surface area contributed by atoms with Crippen LogP contribution in [0.3, 0.4) is 0 Å². The molecule has 0 bridgehead atoms. The predicted molar refractivity (Wildman–Crippen MR) is 91.6 cm³/mol. The van der Waals surface area contributed by atoms with Crippen molar-refractivity contribution in [3.05, 3.63) is 11.8 Å². The van der Waals surface area contributed by atoms with Gasteiger partial charge in [0.1, 0.15) is 11.8 Å². The second-order valence-corrected chi connectivity index (χ2v) is 6.83. The van der Waals surface area contributed by atoms with Gasteiger partial charge in [-0.3, -0.25) is 14.4 Å². The second-order valence-electron chi connectivity index (χ2n) is 6.83. The summed E-state index contributed by atoms with van der Waals surface area (Å²) in [6.07, 6.45) is 1.17. The van der Waals surface area contributed by atoms with Gasteiger partial charge >= 0.3 is 0 Å². The molecule has 0 saturated carbocycles. The normalized spacial score (nSPS) is 16.6. The van der Waals surface area contributed by atoms with E-state index < -0.39 is 6.04 Å². The van der Waals surface area contributed by atoms with Gasteiger partial charge in [-0.25, -0.2) is 0 Å². The van der Waals surface area contributed by atoms with E-state index in [0.29, 0.717) is 37.5 Å². The van der Waals surface area contributed by atoms with Crippen molar-refractivity contribution in [2.75, 3.05) is 18.4 Å². The standard InChI is InChI=1S/C17H26N4O4/c1-10(2)15(18-12(4)22)17(24)21-7-5-13(6-8-21)16(23)19-14-9-11(3)25-20-14/h9-10,13,15H,5-8H2,1-4H3,(H,18,22)(H,19,20,23). The van der Waals surface area contributed by atoms with Gasteiger partial charge in [-0.2, -0.15) is 0 Å². The molecule has 1 aromatic rings. The van der Waals surface area contributed by atoms with Crippen molar-refractivity contribution in [2.45, 2.75) is 46.6 Å². The van der Waals surface area contributed by atoms with Gasteiger partial charge in [0.2, 0.25) is 17.7 Å². The number of likely N-dealkylation sites (tertiary alicyclic amines) is 1. The van der Waals surface area contributed by atoms with E-state index in [9.17, 15) is 14.4 Å². The minimum absolute atomic E-state index is 0.00725. The first-order chi connectivity index (χ1) is 11.8. The average molecular weight is 350 g/mol. The minimum atomic E-state index is -0.527. The topological polar surface area (TPSA) is 105 Å². The van der Waals surface area contributed by atoms with E-state index in [1.165, 1.54) is 6.92 Å². The lowest BCUT2D eigenvalue weighted by atomic mass is 9.94.